The van der Waals surface area contributed by atoms with Crippen LogP contribution in [0.1, 0.15) is 59.7 Å². The van der Waals surface area contributed by atoms with E-state index in [0.717, 1.165) is 42.2 Å². The number of fused-ring (bicyclic) bond motifs is 3. The number of nitrogens with zero attached hydrogens (tertiary/aromatic N) is 7. The molecule has 6 rings (SSSR count). The summed E-state index contributed by atoms with van der Waals surface area (Å²) in [5, 5.41) is 4.76. The van der Waals surface area contributed by atoms with Crippen molar-refractivity contribution in [3.05, 3.63) is 29.2 Å². The Morgan fingerprint density at radius 2 is 1.90 bits per heavy atom. The van der Waals surface area contributed by atoms with Crippen LogP contribution in [0.4, 0.5) is 10.9 Å². The van der Waals surface area contributed by atoms with E-state index in [1.165, 1.54) is 11.3 Å². The monoisotopic (exact) mass is 550 g/mol. The number of aromatic nitrogens is 5. The second-order valence-electron chi connectivity index (χ2n) is 10.3. The Morgan fingerprint density at radius 3 is 2.56 bits per heavy atom. The highest BCUT2D eigenvalue weighted by molar-refractivity contribution is 7.17. The number of hydrogen-bond donors (Lipinski definition) is 1. The van der Waals surface area contributed by atoms with Gasteiger partial charge in [0.25, 0.3) is 11.8 Å². The number of rotatable bonds is 11. The van der Waals surface area contributed by atoms with Crippen LogP contribution in [0, 0.1) is 0 Å². The zero-order valence-electron chi connectivity index (χ0n) is 22.8. The zero-order valence-corrected chi connectivity index (χ0v) is 23.6. The van der Waals surface area contributed by atoms with E-state index in [0.29, 0.717) is 65.4 Å². The summed E-state index contributed by atoms with van der Waals surface area (Å²) >= 11 is 1.27. The van der Waals surface area contributed by atoms with E-state index in [1.54, 1.807) is 24.5 Å². The molecule has 4 aromatic rings. The molecule has 4 heterocycles. The van der Waals surface area contributed by atoms with Gasteiger partial charge in [0.1, 0.15) is 21.7 Å². The third kappa shape index (κ3) is 4.76. The number of amides is 2. The van der Waals surface area contributed by atoms with Crippen LogP contribution in [0.25, 0.3) is 22.1 Å². The molecular formula is C27H34N8O3S. The Balaban J connectivity index is 1.34. The highest BCUT2D eigenvalue weighted by Gasteiger charge is 2.43. The van der Waals surface area contributed by atoms with Gasteiger partial charge in [-0.3, -0.25) is 9.59 Å². The van der Waals surface area contributed by atoms with E-state index in [9.17, 15) is 9.59 Å². The molecule has 2 fully saturated rings. The molecule has 2 aliphatic carbocycles. The first-order chi connectivity index (χ1) is 18.9. The van der Waals surface area contributed by atoms with E-state index in [-0.39, 0.29) is 11.8 Å². The van der Waals surface area contributed by atoms with Gasteiger partial charge in [-0.15, -0.1) is 0 Å². The van der Waals surface area contributed by atoms with Crippen LogP contribution in [0.15, 0.2) is 18.6 Å². The lowest BCUT2D eigenvalue weighted by Gasteiger charge is -2.22. The summed E-state index contributed by atoms with van der Waals surface area (Å²) in [5.74, 6) is 0.538. The van der Waals surface area contributed by atoms with Crippen LogP contribution < -0.4 is 5.32 Å². The normalized spacial score (nSPS) is 15.3. The predicted octanol–water partition coefficient (Wildman–Crippen LogP) is 4.02. The standard InChI is InChI=1S/C27H34N8O3S/c1-5-34-19(25(36)35(16-7-8-16)17-9-10-17)13-18-22-21(29-15-33(22)4)23(30-24(18)34)31-27-28-14-20(39-27)26(37)32(3)11-12-38-6-2/h13-17H,5-12H2,1-4H3,(H,28,30,31). The fraction of sp³-hybridized carbons (Fsp3) is 0.519. The molecule has 39 heavy (non-hydrogen) atoms. The molecule has 2 saturated carbocycles. The lowest BCUT2D eigenvalue weighted by molar-refractivity contribution is 0.0710. The van der Waals surface area contributed by atoms with E-state index in [1.807, 2.05) is 36.1 Å². The van der Waals surface area contributed by atoms with Crippen LogP contribution in [0.3, 0.4) is 0 Å². The third-order valence-corrected chi connectivity index (χ3v) is 8.32. The number of carbonyl (C=O) groups is 2. The Bertz CT molecular complexity index is 1540. The van der Waals surface area contributed by atoms with Crippen molar-refractivity contribution < 1.29 is 14.3 Å². The Kier molecular flexibility index (Phi) is 6.76. The summed E-state index contributed by atoms with van der Waals surface area (Å²) in [6.07, 6.45) is 7.70. The first kappa shape index (κ1) is 25.8. The second-order valence-corrected chi connectivity index (χ2v) is 11.3. The highest BCUT2D eigenvalue weighted by Crippen LogP contribution is 2.40. The van der Waals surface area contributed by atoms with Gasteiger partial charge in [-0.05, 0) is 45.6 Å². The van der Waals surface area contributed by atoms with Crippen LogP contribution >= 0.6 is 11.3 Å². The quantitative estimate of drug-likeness (QED) is 0.281. The Morgan fingerprint density at radius 1 is 1.15 bits per heavy atom. The van der Waals surface area contributed by atoms with Crippen LogP contribution in [0.2, 0.25) is 0 Å². The molecule has 1 N–H and O–H groups in total. The summed E-state index contributed by atoms with van der Waals surface area (Å²) < 4.78 is 9.34. The van der Waals surface area contributed by atoms with Crippen molar-refractivity contribution in [1.29, 1.82) is 0 Å². The maximum absolute atomic E-state index is 13.8. The minimum Gasteiger partial charge on any atom is -0.380 e. The minimum atomic E-state index is -0.106. The zero-order chi connectivity index (χ0) is 27.3. The number of ether oxygens (including phenoxy) is 1. The average Bonchev–Trinajstić information content (AvgIpc) is 3.83. The summed E-state index contributed by atoms with van der Waals surface area (Å²) in [5.41, 5.74) is 3.00. The van der Waals surface area contributed by atoms with Crippen LogP contribution in [0.5, 0.6) is 0 Å². The number of pyridine rings is 1. The maximum Gasteiger partial charge on any atom is 0.271 e. The lowest BCUT2D eigenvalue weighted by Crippen LogP contribution is -2.36. The number of thiazole rings is 1. The number of aryl methyl sites for hydroxylation is 2. The molecule has 0 radical (unpaired) electrons. The van der Waals surface area contributed by atoms with Gasteiger partial charge in [0.2, 0.25) is 0 Å². The van der Waals surface area contributed by atoms with Gasteiger partial charge in [0.05, 0.1) is 24.6 Å². The molecular weight excluding hydrogens is 516 g/mol. The van der Waals surface area contributed by atoms with E-state index in [2.05, 4.69) is 20.2 Å². The number of imidazole rings is 1. The fourth-order valence-electron chi connectivity index (χ4n) is 5.13. The van der Waals surface area contributed by atoms with Crippen molar-refractivity contribution in [1.82, 2.24) is 33.9 Å². The SMILES string of the molecule is CCOCCN(C)C(=O)c1cnc(Nc2nc3c(cc(C(=O)N(C4CC4)C4CC4)n3CC)c3c2ncn3C)s1. The maximum atomic E-state index is 13.8. The number of carbonyl (C=O) groups excluding carboxylic acids is 2. The Labute approximate surface area is 230 Å². The molecule has 0 bridgehead atoms. The summed E-state index contributed by atoms with van der Waals surface area (Å²) in [6, 6.07) is 2.73. The second kappa shape index (κ2) is 10.2. The smallest absolute Gasteiger partial charge is 0.271 e. The molecule has 2 amide bonds. The Hall–Kier alpha value is -3.51. The molecule has 0 atom stereocenters. The molecule has 0 spiro atoms. The number of anilines is 2. The minimum absolute atomic E-state index is 0.0983. The lowest BCUT2D eigenvalue weighted by atomic mass is 10.2. The van der Waals surface area contributed by atoms with Gasteiger partial charge in [-0.25, -0.2) is 15.0 Å². The van der Waals surface area contributed by atoms with E-state index < -0.39 is 0 Å². The number of likely N-dealkylation sites (N-methyl/N-ethyl adjacent to an activating group) is 1. The molecule has 12 heteroatoms. The summed E-state index contributed by atoms with van der Waals surface area (Å²) in [6.45, 7) is 6.21. The molecule has 4 aromatic heterocycles. The van der Waals surface area contributed by atoms with Gasteiger partial charge < -0.3 is 29.0 Å². The van der Waals surface area contributed by atoms with Crippen molar-refractivity contribution >= 4 is 56.2 Å². The third-order valence-electron chi connectivity index (χ3n) is 7.42. The van der Waals surface area contributed by atoms with E-state index >= 15 is 0 Å². The highest BCUT2D eigenvalue weighted by atomic mass is 32.1. The van der Waals surface area contributed by atoms with Crippen LogP contribution in [-0.4, -0.2) is 84.6 Å². The number of nitrogens with one attached hydrogen (secondary N) is 1. The van der Waals surface area contributed by atoms with E-state index in [4.69, 9.17) is 9.72 Å². The topological polar surface area (TPSA) is 110 Å². The average molecular weight is 551 g/mol. The van der Waals surface area contributed by atoms with Crippen molar-refractivity contribution in [3.63, 3.8) is 0 Å². The predicted molar refractivity (Wildman–Crippen MR) is 151 cm³/mol. The summed E-state index contributed by atoms with van der Waals surface area (Å²) in [4.78, 5) is 44.9. The first-order valence-corrected chi connectivity index (χ1v) is 14.5. The number of hydrogen-bond acceptors (Lipinski definition) is 8. The largest absolute Gasteiger partial charge is 0.380 e. The van der Waals surface area contributed by atoms with Crippen LogP contribution in [-0.2, 0) is 18.3 Å². The fourth-order valence-corrected chi connectivity index (χ4v) is 5.94. The molecule has 2 aliphatic rings. The first-order valence-electron chi connectivity index (χ1n) is 13.6. The van der Waals surface area contributed by atoms with Crippen molar-refractivity contribution in [2.75, 3.05) is 32.1 Å². The molecule has 206 valence electrons. The van der Waals surface area contributed by atoms with Gasteiger partial charge in [-0.1, -0.05) is 11.3 Å². The van der Waals surface area contributed by atoms with Gasteiger partial charge in [-0.2, -0.15) is 0 Å². The van der Waals surface area contributed by atoms with Crippen molar-refractivity contribution in [2.45, 2.75) is 58.2 Å². The van der Waals surface area contributed by atoms with Crippen molar-refractivity contribution in [2.24, 2.45) is 7.05 Å². The van der Waals surface area contributed by atoms with Gasteiger partial charge in [0, 0.05) is 51.3 Å². The van der Waals surface area contributed by atoms with Crippen molar-refractivity contribution in [3.8, 4) is 0 Å². The molecule has 0 aromatic carbocycles. The summed E-state index contributed by atoms with van der Waals surface area (Å²) in [7, 11) is 3.70. The van der Waals surface area contributed by atoms with Gasteiger partial charge in [0.15, 0.2) is 10.9 Å². The van der Waals surface area contributed by atoms with Gasteiger partial charge >= 0.3 is 0 Å². The molecule has 0 aliphatic heterocycles. The molecule has 11 nitrogen and oxygen atoms in total. The molecule has 0 saturated heterocycles. The molecule has 0 unspecified atom stereocenters.